The van der Waals surface area contributed by atoms with Gasteiger partial charge in [0.05, 0.1) is 23.2 Å². The molecule has 0 radical (unpaired) electrons. The zero-order valence-electron chi connectivity index (χ0n) is 15.2. The Labute approximate surface area is 156 Å². The lowest BCUT2D eigenvalue weighted by Gasteiger charge is -2.10. The van der Waals surface area contributed by atoms with Gasteiger partial charge in [-0.3, -0.25) is 4.79 Å². The number of para-hydroxylation sites is 1. The van der Waals surface area contributed by atoms with Crippen LogP contribution in [0.3, 0.4) is 0 Å². The van der Waals surface area contributed by atoms with E-state index in [1.165, 1.54) is 23.8 Å². The molecule has 0 bridgehead atoms. The molecule has 0 saturated carbocycles. The van der Waals surface area contributed by atoms with E-state index < -0.39 is 0 Å². The number of nitrogens with zero attached hydrogens (tertiary/aromatic N) is 5. The smallest absolute Gasteiger partial charge is 0.267 e. The van der Waals surface area contributed by atoms with Gasteiger partial charge >= 0.3 is 0 Å². The van der Waals surface area contributed by atoms with Gasteiger partial charge in [-0.2, -0.15) is 4.52 Å². The Hall–Kier alpha value is -3.22. The van der Waals surface area contributed by atoms with Crippen LogP contribution in [0.15, 0.2) is 53.3 Å². The Balaban J connectivity index is 1.67. The van der Waals surface area contributed by atoms with Gasteiger partial charge in [-0.1, -0.05) is 43.4 Å². The molecular formula is C20H21N5O2. The Bertz CT molecular complexity index is 1110. The molecule has 2 aromatic heterocycles. The topological polar surface area (TPSA) is 74.3 Å². The molecule has 0 spiro atoms. The van der Waals surface area contributed by atoms with Crippen molar-refractivity contribution in [1.82, 2.24) is 24.6 Å². The molecule has 0 fully saturated rings. The number of hydrogen-bond acceptors (Lipinski definition) is 5. The molecule has 7 nitrogen and oxygen atoms in total. The number of fused-ring (bicyclic) bond motifs is 3. The fraction of sp³-hybridized carbons (Fsp3) is 0.300. The van der Waals surface area contributed by atoms with Crippen molar-refractivity contribution in [1.29, 1.82) is 0 Å². The van der Waals surface area contributed by atoms with Crippen molar-refractivity contribution in [2.45, 2.75) is 32.6 Å². The molecule has 2 aromatic carbocycles. The van der Waals surface area contributed by atoms with Gasteiger partial charge < -0.3 is 4.74 Å². The van der Waals surface area contributed by atoms with Crippen molar-refractivity contribution in [3.63, 3.8) is 0 Å². The first-order valence-corrected chi connectivity index (χ1v) is 9.24. The number of unbranched alkanes of at least 4 members (excludes halogenated alkanes) is 3. The van der Waals surface area contributed by atoms with Crippen LogP contribution in [0.2, 0.25) is 0 Å². The number of aromatic nitrogens is 5. The molecule has 4 rings (SSSR count). The SMILES string of the molecule is CCCCCCOc1ccc(-n2c(=O)c3ccccc3n3nnnc23)cc1. The molecule has 0 unspecified atom stereocenters. The van der Waals surface area contributed by atoms with Gasteiger partial charge in [0, 0.05) is 0 Å². The first kappa shape index (κ1) is 17.2. The van der Waals surface area contributed by atoms with Gasteiger partial charge in [-0.15, -0.1) is 0 Å². The number of rotatable bonds is 7. The molecule has 0 aliphatic rings. The minimum absolute atomic E-state index is 0.152. The quantitative estimate of drug-likeness (QED) is 0.471. The summed E-state index contributed by atoms with van der Waals surface area (Å²) in [5.41, 5.74) is 1.23. The Morgan fingerprint density at radius 2 is 1.81 bits per heavy atom. The van der Waals surface area contributed by atoms with Gasteiger partial charge in [-0.05, 0) is 53.2 Å². The molecule has 0 aliphatic carbocycles. The average molecular weight is 363 g/mol. The summed E-state index contributed by atoms with van der Waals surface area (Å²) in [6, 6.07) is 14.8. The third-order valence-electron chi connectivity index (χ3n) is 4.58. The van der Waals surface area contributed by atoms with E-state index in [-0.39, 0.29) is 5.56 Å². The fourth-order valence-corrected chi connectivity index (χ4v) is 3.17. The monoisotopic (exact) mass is 363 g/mol. The van der Waals surface area contributed by atoms with Crippen LogP contribution in [0.4, 0.5) is 0 Å². The summed E-state index contributed by atoms with van der Waals surface area (Å²) in [4.78, 5) is 13.0. The van der Waals surface area contributed by atoms with E-state index in [0.717, 1.165) is 12.2 Å². The molecule has 27 heavy (non-hydrogen) atoms. The van der Waals surface area contributed by atoms with E-state index in [1.807, 2.05) is 42.5 Å². The van der Waals surface area contributed by atoms with E-state index in [1.54, 1.807) is 10.6 Å². The van der Waals surface area contributed by atoms with Crippen molar-refractivity contribution >= 4 is 16.7 Å². The summed E-state index contributed by atoms with van der Waals surface area (Å²) >= 11 is 0. The average Bonchev–Trinajstić information content (AvgIpc) is 3.19. The Kier molecular flexibility index (Phi) is 4.82. The largest absolute Gasteiger partial charge is 0.494 e. The van der Waals surface area contributed by atoms with Crippen LogP contribution in [0.1, 0.15) is 32.6 Å². The number of tetrazole rings is 1. The van der Waals surface area contributed by atoms with Crippen LogP contribution in [0.5, 0.6) is 5.75 Å². The van der Waals surface area contributed by atoms with Crippen LogP contribution >= 0.6 is 0 Å². The zero-order chi connectivity index (χ0) is 18.6. The summed E-state index contributed by atoms with van der Waals surface area (Å²) in [6.07, 6.45) is 4.67. The normalized spacial score (nSPS) is 11.3. The third kappa shape index (κ3) is 3.28. The van der Waals surface area contributed by atoms with Crippen LogP contribution < -0.4 is 10.3 Å². The summed E-state index contributed by atoms with van der Waals surface area (Å²) in [7, 11) is 0. The fourth-order valence-electron chi connectivity index (χ4n) is 3.17. The Morgan fingerprint density at radius 3 is 2.63 bits per heavy atom. The van der Waals surface area contributed by atoms with Crippen molar-refractivity contribution in [2.75, 3.05) is 6.61 Å². The standard InChI is InChI=1S/C20H21N5O2/c1-2-3-4-7-14-27-16-12-10-15(11-13-16)24-19(26)17-8-5-6-9-18(17)25-20(24)21-22-23-25/h5-6,8-13H,2-4,7,14H2,1H3. The first-order chi connectivity index (χ1) is 13.3. The highest BCUT2D eigenvalue weighted by atomic mass is 16.5. The number of hydrogen-bond donors (Lipinski definition) is 0. The van der Waals surface area contributed by atoms with E-state index in [2.05, 4.69) is 22.4 Å². The predicted octanol–water partition coefficient (Wildman–Crippen LogP) is 3.39. The van der Waals surface area contributed by atoms with E-state index in [0.29, 0.717) is 29.0 Å². The zero-order valence-corrected chi connectivity index (χ0v) is 15.2. The van der Waals surface area contributed by atoms with Crippen molar-refractivity contribution in [3.8, 4) is 11.4 Å². The van der Waals surface area contributed by atoms with Gasteiger partial charge in [0.2, 0.25) is 0 Å². The van der Waals surface area contributed by atoms with Gasteiger partial charge in [0.1, 0.15) is 5.75 Å². The summed E-state index contributed by atoms with van der Waals surface area (Å²) in [5.74, 6) is 1.17. The molecule has 0 atom stereocenters. The maximum atomic E-state index is 13.0. The first-order valence-electron chi connectivity index (χ1n) is 9.24. The van der Waals surface area contributed by atoms with Crippen LogP contribution in [0, 0.1) is 0 Å². The van der Waals surface area contributed by atoms with Gasteiger partial charge in [-0.25, -0.2) is 4.57 Å². The molecule has 0 saturated heterocycles. The summed E-state index contributed by atoms with van der Waals surface area (Å²) < 4.78 is 8.88. The van der Waals surface area contributed by atoms with Crippen LogP contribution in [-0.2, 0) is 0 Å². The molecule has 0 amide bonds. The van der Waals surface area contributed by atoms with E-state index >= 15 is 0 Å². The molecule has 0 N–H and O–H groups in total. The molecule has 138 valence electrons. The molecular weight excluding hydrogens is 342 g/mol. The highest BCUT2D eigenvalue weighted by Gasteiger charge is 2.14. The highest BCUT2D eigenvalue weighted by molar-refractivity contribution is 5.80. The maximum Gasteiger partial charge on any atom is 0.267 e. The maximum absolute atomic E-state index is 13.0. The van der Waals surface area contributed by atoms with Crippen molar-refractivity contribution < 1.29 is 4.74 Å². The van der Waals surface area contributed by atoms with E-state index in [4.69, 9.17) is 4.74 Å². The second kappa shape index (κ2) is 7.57. The lowest BCUT2D eigenvalue weighted by molar-refractivity contribution is 0.305. The molecule has 2 heterocycles. The molecule has 7 heteroatoms. The lowest BCUT2D eigenvalue weighted by atomic mass is 10.2. The minimum Gasteiger partial charge on any atom is -0.494 e. The summed E-state index contributed by atoms with van der Waals surface area (Å²) in [6.45, 7) is 2.89. The van der Waals surface area contributed by atoms with Crippen molar-refractivity contribution in [2.24, 2.45) is 0 Å². The van der Waals surface area contributed by atoms with Gasteiger partial charge in [0.15, 0.2) is 0 Å². The van der Waals surface area contributed by atoms with Gasteiger partial charge in [0.25, 0.3) is 11.3 Å². The third-order valence-corrected chi connectivity index (χ3v) is 4.58. The number of benzene rings is 2. The highest BCUT2D eigenvalue weighted by Crippen LogP contribution is 2.18. The second-order valence-electron chi connectivity index (χ2n) is 6.45. The predicted molar refractivity (Wildman–Crippen MR) is 104 cm³/mol. The second-order valence-corrected chi connectivity index (χ2v) is 6.45. The van der Waals surface area contributed by atoms with Crippen LogP contribution in [0.25, 0.3) is 22.4 Å². The minimum atomic E-state index is -0.152. The van der Waals surface area contributed by atoms with Crippen LogP contribution in [-0.4, -0.2) is 31.2 Å². The van der Waals surface area contributed by atoms with Crippen molar-refractivity contribution in [3.05, 3.63) is 58.9 Å². The lowest BCUT2D eigenvalue weighted by Crippen LogP contribution is -2.21. The molecule has 0 aliphatic heterocycles. The Morgan fingerprint density at radius 1 is 1.00 bits per heavy atom. The molecule has 4 aromatic rings. The summed E-state index contributed by atoms with van der Waals surface area (Å²) in [5, 5.41) is 12.4. The number of ether oxygens (including phenoxy) is 1. The van der Waals surface area contributed by atoms with E-state index in [9.17, 15) is 4.79 Å².